The van der Waals surface area contributed by atoms with E-state index in [4.69, 9.17) is 9.66 Å². The molecule has 6 nitrogen and oxygen atoms in total. The summed E-state index contributed by atoms with van der Waals surface area (Å²) in [5.41, 5.74) is 0.763. The van der Waals surface area contributed by atoms with Crippen LogP contribution in [0.15, 0.2) is 6.33 Å². The van der Waals surface area contributed by atoms with Crippen LogP contribution in [0.25, 0.3) is 0 Å². The summed E-state index contributed by atoms with van der Waals surface area (Å²) >= 11 is 0.484. The second-order valence-corrected chi connectivity index (χ2v) is 3.30. The molecule has 1 heterocycles. The van der Waals surface area contributed by atoms with Gasteiger partial charge in [0, 0.05) is 0 Å². The van der Waals surface area contributed by atoms with Crippen molar-refractivity contribution in [1.82, 2.24) is 9.97 Å². The van der Waals surface area contributed by atoms with Crippen LogP contribution in [0.4, 0.5) is 5.82 Å². The maximum atomic E-state index is 10.7. The van der Waals surface area contributed by atoms with E-state index in [9.17, 15) is 4.79 Å². The maximum Gasteiger partial charge on any atom is 0.327 e. The lowest BCUT2D eigenvalue weighted by Gasteiger charge is -2.12. The lowest BCUT2D eigenvalue weighted by molar-refractivity contribution is -0.137. The number of hydrogen-bond acceptors (Lipinski definition) is 5. The molecule has 78 valence electrons. The predicted octanol–water partition coefficient (Wildman–Crippen LogP) is 0.789. The normalized spacial score (nSPS) is 12.4. The number of hydrogen-bond donors (Lipinski definition) is 4. The van der Waals surface area contributed by atoms with Crippen LogP contribution in [0, 0.1) is 6.92 Å². The van der Waals surface area contributed by atoms with Crippen LogP contribution < -0.4 is 5.32 Å². The van der Waals surface area contributed by atoms with Crippen molar-refractivity contribution in [1.29, 1.82) is 0 Å². The van der Waals surface area contributed by atoms with Gasteiger partial charge < -0.3 is 20.0 Å². The quantitative estimate of drug-likeness (QED) is 0.544. The molecule has 0 saturated heterocycles. The smallest absolute Gasteiger partial charge is 0.327 e. The van der Waals surface area contributed by atoms with E-state index in [1.165, 1.54) is 6.33 Å². The van der Waals surface area contributed by atoms with E-state index in [0.29, 0.717) is 17.9 Å². The fraction of sp³-hybridized carbons (Fsp3) is 0.429. The number of aromatic nitrogens is 2. The topological polar surface area (TPSA) is 98.2 Å². The molecule has 0 unspecified atom stereocenters. The standard InChI is InChI=1S/C7H11N3O3S/c1-4-6(9-3-8-4)10-5(2-14-13)7(11)12/h3,5,10,13H,2H2,1H3,(H,8,9)(H,11,12)/t5-/m0/s1. The highest BCUT2D eigenvalue weighted by Crippen LogP contribution is 2.10. The van der Waals surface area contributed by atoms with Gasteiger partial charge in [0.1, 0.15) is 11.9 Å². The van der Waals surface area contributed by atoms with E-state index in [1.54, 1.807) is 6.92 Å². The molecule has 0 amide bonds. The Kier molecular flexibility index (Phi) is 3.78. The van der Waals surface area contributed by atoms with Gasteiger partial charge in [0.05, 0.1) is 17.8 Å². The molecule has 0 radical (unpaired) electrons. The first kappa shape index (κ1) is 10.9. The van der Waals surface area contributed by atoms with Crippen molar-refractivity contribution in [3.05, 3.63) is 12.0 Å². The molecular weight excluding hydrogens is 206 g/mol. The Bertz CT molecular complexity index is 315. The van der Waals surface area contributed by atoms with Crippen LogP contribution in [0.3, 0.4) is 0 Å². The van der Waals surface area contributed by atoms with Crippen molar-refractivity contribution in [3.63, 3.8) is 0 Å². The van der Waals surface area contributed by atoms with Crippen molar-refractivity contribution in [2.24, 2.45) is 0 Å². The molecular formula is C7H11N3O3S. The molecule has 0 aliphatic carbocycles. The second kappa shape index (κ2) is 4.87. The van der Waals surface area contributed by atoms with Crippen molar-refractivity contribution >= 4 is 23.8 Å². The van der Waals surface area contributed by atoms with E-state index < -0.39 is 12.0 Å². The van der Waals surface area contributed by atoms with Gasteiger partial charge in [-0.1, -0.05) is 0 Å². The van der Waals surface area contributed by atoms with Crippen molar-refractivity contribution in [2.75, 3.05) is 11.1 Å². The molecule has 0 saturated carbocycles. The van der Waals surface area contributed by atoms with Crippen LogP contribution >= 0.6 is 12.0 Å². The van der Waals surface area contributed by atoms with E-state index >= 15 is 0 Å². The van der Waals surface area contributed by atoms with Gasteiger partial charge in [-0.3, -0.25) is 0 Å². The number of nitrogens with zero attached hydrogens (tertiary/aromatic N) is 1. The summed E-state index contributed by atoms with van der Waals surface area (Å²) in [4.78, 5) is 17.4. The largest absolute Gasteiger partial charge is 0.480 e. The first-order valence-electron chi connectivity index (χ1n) is 3.91. The van der Waals surface area contributed by atoms with Crippen LogP contribution in [-0.4, -0.2) is 37.4 Å². The predicted molar refractivity (Wildman–Crippen MR) is 53.5 cm³/mol. The zero-order chi connectivity index (χ0) is 10.6. The highest BCUT2D eigenvalue weighted by Gasteiger charge is 2.18. The Morgan fingerprint density at radius 3 is 3.00 bits per heavy atom. The van der Waals surface area contributed by atoms with Crippen molar-refractivity contribution < 1.29 is 14.5 Å². The van der Waals surface area contributed by atoms with Crippen LogP contribution in [0.1, 0.15) is 5.69 Å². The monoisotopic (exact) mass is 217 g/mol. The zero-order valence-electron chi connectivity index (χ0n) is 7.52. The molecule has 1 aromatic heterocycles. The number of carboxylic acids is 1. The van der Waals surface area contributed by atoms with E-state index in [2.05, 4.69) is 15.3 Å². The summed E-state index contributed by atoms with van der Waals surface area (Å²) in [6, 6.07) is -0.841. The summed E-state index contributed by atoms with van der Waals surface area (Å²) in [5, 5.41) is 11.5. The molecule has 0 spiro atoms. The SMILES string of the molecule is Cc1[nH]cnc1N[C@@H](CSO)C(=O)O. The van der Waals surface area contributed by atoms with Gasteiger partial charge in [-0.15, -0.1) is 0 Å². The van der Waals surface area contributed by atoms with Crippen molar-refractivity contribution in [2.45, 2.75) is 13.0 Å². The summed E-state index contributed by atoms with van der Waals surface area (Å²) in [6.45, 7) is 1.78. The Hall–Kier alpha value is -1.21. The molecule has 1 rings (SSSR count). The lowest BCUT2D eigenvalue weighted by atomic mass is 10.3. The average molecular weight is 217 g/mol. The number of aryl methyl sites for hydroxylation is 1. The number of carbonyl (C=O) groups is 1. The molecule has 1 atom stereocenters. The number of nitrogens with one attached hydrogen (secondary N) is 2. The van der Waals surface area contributed by atoms with Crippen LogP contribution in [-0.2, 0) is 4.79 Å². The Labute approximate surface area is 85.0 Å². The minimum Gasteiger partial charge on any atom is -0.480 e. The van der Waals surface area contributed by atoms with Gasteiger partial charge in [0.25, 0.3) is 0 Å². The number of aromatic amines is 1. The van der Waals surface area contributed by atoms with E-state index in [0.717, 1.165) is 5.69 Å². The summed E-state index contributed by atoms with van der Waals surface area (Å²) in [6.07, 6.45) is 1.47. The summed E-state index contributed by atoms with van der Waals surface area (Å²) in [5.74, 6) is -0.456. The van der Waals surface area contributed by atoms with E-state index in [1.807, 2.05) is 0 Å². The fourth-order valence-electron chi connectivity index (χ4n) is 0.919. The fourth-order valence-corrected chi connectivity index (χ4v) is 1.29. The number of aliphatic carboxylic acids is 1. The van der Waals surface area contributed by atoms with Crippen LogP contribution in [0.2, 0.25) is 0 Å². The molecule has 0 aliphatic heterocycles. The highest BCUT2D eigenvalue weighted by molar-refractivity contribution is 7.93. The highest BCUT2D eigenvalue weighted by atomic mass is 32.2. The van der Waals surface area contributed by atoms with Crippen LogP contribution in [0.5, 0.6) is 0 Å². The zero-order valence-corrected chi connectivity index (χ0v) is 8.34. The number of H-pyrrole nitrogens is 1. The Morgan fingerprint density at radius 1 is 1.86 bits per heavy atom. The second-order valence-electron chi connectivity index (χ2n) is 2.71. The minimum absolute atomic E-state index is 0.0711. The first-order valence-corrected chi connectivity index (χ1v) is 4.85. The van der Waals surface area contributed by atoms with Gasteiger partial charge in [0.2, 0.25) is 0 Å². The molecule has 14 heavy (non-hydrogen) atoms. The van der Waals surface area contributed by atoms with Gasteiger partial charge in [-0.2, -0.15) is 0 Å². The molecule has 1 aromatic rings. The lowest BCUT2D eigenvalue weighted by Crippen LogP contribution is -2.32. The minimum atomic E-state index is -1.02. The summed E-state index contributed by atoms with van der Waals surface area (Å²) < 4.78 is 8.57. The average Bonchev–Trinajstić information content (AvgIpc) is 2.51. The number of carboxylic acid groups (broad SMARTS) is 1. The first-order chi connectivity index (χ1) is 6.65. The van der Waals surface area contributed by atoms with Gasteiger partial charge >= 0.3 is 5.97 Å². The molecule has 0 fully saturated rings. The van der Waals surface area contributed by atoms with Gasteiger partial charge in [0.15, 0.2) is 0 Å². The Balaban J connectivity index is 2.64. The van der Waals surface area contributed by atoms with Crippen molar-refractivity contribution in [3.8, 4) is 0 Å². The molecule has 0 aromatic carbocycles. The third-order valence-electron chi connectivity index (χ3n) is 1.68. The maximum absolute atomic E-state index is 10.7. The third kappa shape index (κ3) is 2.64. The number of anilines is 1. The summed E-state index contributed by atoms with van der Waals surface area (Å²) in [7, 11) is 0. The Morgan fingerprint density at radius 2 is 2.57 bits per heavy atom. The third-order valence-corrected chi connectivity index (χ3v) is 2.16. The number of imidazole rings is 1. The number of rotatable bonds is 5. The van der Waals surface area contributed by atoms with Gasteiger partial charge in [-0.05, 0) is 19.0 Å². The molecule has 4 N–H and O–H groups in total. The molecule has 0 aliphatic rings. The molecule has 0 bridgehead atoms. The molecule has 7 heteroatoms. The van der Waals surface area contributed by atoms with Gasteiger partial charge in [-0.25, -0.2) is 9.78 Å². The van der Waals surface area contributed by atoms with E-state index in [-0.39, 0.29) is 5.75 Å².